The van der Waals surface area contributed by atoms with Crippen LogP contribution in [-0.4, -0.2) is 17.6 Å². The van der Waals surface area contributed by atoms with Crippen molar-refractivity contribution in [3.8, 4) is 24.1 Å². The van der Waals surface area contributed by atoms with Crippen molar-refractivity contribution >= 4 is 11.7 Å². The molecular formula is C15H11N3O2. The quantitative estimate of drug-likeness (QED) is 0.662. The lowest BCUT2D eigenvalue weighted by Crippen LogP contribution is -2.11. The predicted octanol–water partition coefficient (Wildman–Crippen LogP) is 1.70. The Morgan fingerprint density at radius 2 is 2.10 bits per heavy atom. The fraction of sp³-hybridized carbons (Fsp3) is 0.0667. The van der Waals surface area contributed by atoms with Crippen LogP contribution in [0.25, 0.3) is 5.69 Å². The average Bonchev–Trinajstić information content (AvgIpc) is 2.83. The zero-order chi connectivity index (χ0) is 14.7. The number of ether oxygens (including phenoxy) is 1. The molecule has 0 radical (unpaired) electrons. The molecule has 0 unspecified atom stereocenters. The molecule has 1 aromatic heterocycles. The minimum Gasteiger partial charge on any atom is -0.464 e. The zero-order valence-electron chi connectivity index (χ0n) is 10.8. The van der Waals surface area contributed by atoms with Crippen molar-refractivity contribution in [1.82, 2.24) is 4.57 Å². The molecule has 2 aromatic rings. The van der Waals surface area contributed by atoms with Gasteiger partial charge in [-0.2, -0.15) is 5.26 Å². The van der Waals surface area contributed by atoms with Crippen molar-refractivity contribution in [2.75, 3.05) is 12.8 Å². The van der Waals surface area contributed by atoms with Gasteiger partial charge in [0.1, 0.15) is 6.07 Å². The molecule has 0 saturated carbocycles. The Bertz CT molecular complexity index is 760. The third-order valence-electron chi connectivity index (χ3n) is 2.86. The fourth-order valence-corrected chi connectivity index (χ4v) is 1.91. The number of para-hydroxylation sites is 1. The number of nitrogen functional groups attached to an aromatic ring is 1. The Balaban J connectivity index is 2.78. The Kier molecular flexibility index (Phi) is 3.45. The van der Waals surface area contributed by atoms with E-state index in [1.165, 1.54) is 17.9 Å². The standard InChI is InChI=1S/C15H11N3O2/c1-3-10-6-4-5-7-12(10)18-9-11(8-16)13(17)14(18)15(19)20-2/h1,4-7,9H,17H2,2H3. The lowest BCUT2D eigenvalue weighted by molar-refractivity contribution is 0.0593. The maximum absolute atomic E-state index is 11.9. The summed E-state index contributed by atoms with van der Waals surface area (Å²) in [5.74, 6) is 1.90. The van der Waals surface area contributed by atoms with E-state index >= 15 is 0 Å². The second-order valence-electron chi connectivity index (χ2n) is 3.94. The number of carbonyl (C=O) groups is 1. The SMILES string of the molecule is C#Cc1ccccc1-n1cc(C#N)c(N)c1C(=O)OC. The molecule has 2 rings (SSSR count). The van der Waals surface area contributed by atoms with E-state index in [0.717, 1.165) is 0 Å². The number of hydrogen-bond donors (Lipinski definition) is 1. The van der Waals surface area contributed by atoms with Gasteiger partial charge in [-0.25, -0.2) is 4.79 Å². The molecule has 5 nitrogen and oxygen atoms in total. The molecular weight excluding hydrogens is 254 g/mol. The first kappa shape index (κ1) is 13.3. The number of hydrogen-bond acceptors (Lipinski definition) is 4. The molecule has 1 heterocycles. The molecule has 0 aliphatic heterocycles. The minimum absolute atomic E-state index is 0.0752. The molecule has 98 valence electrons. The van der Waals surface area contributed by atoms with Crippen LogP contribution < -0.4 is 5.73 Å². The average molecular weight is 265 g/mol. The number of nitrogens with two attached hydrogens (primary N) is 1. The lowest BCUT2D eigenvalue weighted by Gasteiger charge is -2.10. The highest BCUT2D eigenvalue weighted by Crippen LogP contribution is 2.26. The van der Waals surface area contributed by atoms with E-state index in [0.29, 0.717) is 11.3 Å². The van der Waals surface area contributed by atoms with Crippen LogP contribution in [0.1, 0.15) is 21.6 Å². The van der Waals surface area contributed by atoms with Gasteiger partial charge in [-0.3, -0.25) is 0 Å². The number of anilines is 1. The van der Waals surface area contributed by atoms with Gasteiger partial charge in [-0.1, -0.05) is 18.1 Å². The number of terminal acetylenes is 1. The number of aromatic nitrogens is 1. The van der Waals surface area contributed by atoms with Crippen molar-refractivity contribution in [2.45, 2.75) is 0 Å². The van der Waals surface area contributed by atoms with E-state index < -0.39 is 5.97 Å². The third kappa shape index (κ3) is 1.98. The van der Waals surface area contributed by atoms with E-state index in [9.17, 15) is 4.79 Å². The molecule has 0 atom stereocenters. The maximum atomic E-state index is 11.9. The molecule has 0 spiro atoms. The Morgan fingerprint density at radius 1 is 1.40 bits per heavy atom. The fourth-order valence-electron chi connectivity index (χ4n) is 1.91. The molecule has 5 heteroatoms. The van der Waals surface area contributed by atoms with Gasteiger partial charge in [0, 0.05) is 11.8 Å². The van der Waals surface area contributed by atoms with Gasteiger partial charge in [0.05, 0.1) is 24.0 Å². The molecule has 0 aliphatic carbocycles. The second-order valence-corrected chi connectivity index (χ2v) is 3.94. The Morgan fingerprint density at radius 3 is 2.70 bits per heavy atom. The van der Waals surface area contributed by atoms with Crippen molar-refractivity contribution in [3.63, 3.8) is 0 Å². The molecule has 2 N–H and O–H groups in total. The Hall–Kier alpha value is -3.18. The molecule has 0 fully saturated rings. The van der Waals surface area contributed by atoms with Crippen molar-refractivity contribution in [2.24, 2.45) is 0 Å². The van der Waals surface area contributed by atoms with Gasteiger partial charge in [0.2, 0.25) is 0 Å². The van der Waals surface area contributed by atoms with Crippen molar-refractivity contribution in [1.29, 1.82) is 5.26 Å². The lowest BCUT2D eigenvalue weighted by atomic mass is 10.2. The van der Waals surface area contributed by atoms with Crippen LogP contribution in [-0.2, 0) is 4.74 Å². The number of nitrogens with zero attached hydrogens (tertiary/aromatic N) is 2. The summed E-state index contributed by atoms with van der Waals surface area (Å²) in [5.41, 5.74) is 7.35. The molecule has 0 saturated heterocycles. The van der Waals surface area contributed by atoms with Crippen molar-refractivity contribution in [3.05, 3.63) is 47.3 Å². The summed E-state index contributed by atoms with van der Waals surface area (Å²) < 4.78 is 6.19. The number of carbonyl (C=O) groups excluding carboxylic acids is 1. The zero-order valence-corrected chi connectivity index (χ0v) is 10.8. The summed E-state index contributed by atoms with van der Waals surface area (Å²) >= 11 is 0. The van der Waals surface area contributed by atoms with E-state index in [-0.39, 0.29) is 16.9 Å². The van der Waals surface area contributed by atoms with Gasteiger partial charge in [-0.05, 0) is 12.1 Å². The van der Waals surface area contributed by atoms with Crippen LogP contribution in [0.4, 0.5) is 5.69 Å². The highest BCUT2D eigenvalue weighted by molar-refractivity contribution is 5.96. The van der Waals surface area contributed by atoms with Gasteiger partial charge in [-0.15, -0.1) is 6.42 Å². The Labute approximate surface area is 116 Å². The van der Waals surface area contributed by atoms with Crippen molar-refractivity contribution < 1.29 is 9.53 Å². The summed E-state index contributed by atoms with van der Waals surface area (Å²) in [6, 6.07) is 8.97. The smallest absolute Gasteiger partial charge is 0.357 e. The van der Waals surface area contributed by atoms with Crippen LogP contribution in [0.15, 0.2) is 30.5 Å². The number of esters is 1. The van der Waals surface area contributed by atoms with Gasteiger partial charge < -0.3 is 15.0 Å². The van der Waals surface area contributed by atoms with Crippen LogP contribution in [0.5, 0.6) is 0 Å². The first-order valence-corrected chi connectivity index (χ1v) is 5.69. The highest BCUT2D eigenvalue weighted by Gasteiger charge is 2.22. The van der Waals surface area contributed by atoms with Crippen LogP contribution in [0, 0.1) is 23.7 Å². The topological polar surface area (TPSA) is 81.0 Å². The first-order chi connectivity index (χ1) is 9.63. The first-order valence-electron chi connectivity index (χ1n) is 5.69. The number of rotatable bonds is 2. The largest absolute Gasteiger partial charge is 0.464 e. The van der Waals surface area contributed by atoms with Crippen LogP contribution >= 0.6 is 0 Å². The summed E-state index contributed by atoms with van der Waals surface area (Å²) in [6.07, 6.45) is 6.92. The van der Waals surface area contributed by atoms with E-state index in [4.69, 9.17) is 22.2 Å². The van der Waals surface area contributed by atoms with E-state index in [2.05, 4.69) is 5.92 Å². The normalized spacial score (nSPS) is 9.55. The minimum atomic E-state index is -0.629. The molecule has 1 aromatic carbocycles. The van der Waals surface area contributed by atoms with E-state index in [1.807, 2.05) is 6.07 Å². The number of methoxy groups -OCH3 is 1. The summed E-state index contributed by atoms with van der Waals surface area (Å²) in [7, 11) is 1.25. The molecule has 0 bridgehead atoms. The van der Waals surface area contributed by atoms with Gasteiger partial charge >= 0.3 is 5.97 Å². The van der Waals surface area contributed by atoms with Gasteiger partial charge in [0.25, 0.3) is 0 Å². The number of nitriles is 1. The third-order valence-corrected chi connectivity index (χ3v) is 2.86. The molecule has 0 aliphatic rings. The summed E-state index contributed by atoms with van der Waals surface area (Å²) in [6.45, 7) is 0. The molecule has 0 amide bonds. The number of benzene rings is 1. The van der Waals surface area contributed by atoms with Gasteiger partial charge in [0.15, 0.2) is 5.69 Å². The predicted molar refractivity (Wildman–Crippen MR) is 74.2 cm³/mol. The monoisotopic (exact) mass is 265 g/mol. The van der Waals surface area contributed by atoms with Crippen LogP contribution in [0.3, 0.4) is 0 Å². The highest BCUT2D eigenvalue weighted by atomic mass is 16.5. The van der Waals surface area contributed by atoms with Crippen LogP contribution in [0.2, 0.25) is 0 Å². The molecule has 20 heavy (non-hydrogen) atoms. The summed E-state index contributed by atoms with van der Waals surface area (Å²) in [4.78, 5) is 11.9. The maximum Gasteiger partial charge on any atom is 0.357 e. The second kappa shape index (κ2) is 5.21. The van der Waals surface area contributed by atoms with E-state index in [1.54, 1.807) is 24.3 Å². The summed E-state index contributed by atoms with van der Waals surface area (Å²) in [5, 5.41) is 9.05.